The van der Waals surface area contributed by atoms with Crippen LogP contribution in [-0.4, -0.2) is 23.1 Å². The minimum absolute atomic E-state index is 0.307. The van der Waals surface area contributed by atoms with Gasteiger partial charge >= 0.3 is 0 Å². The van der Waals surface area contributed by atoms with Crippen molar-refractivity contribution in [3.8, 4) is 0 Å². The van der Waals surface area contributed by atoms with E-state index in [4.69, 9.17) is 10.4 Å². The summed E-state index contributed by atoms with van der Waals surface area (Å²) in [4.78, 5) is 4.22. The van der Waals surface area contributed by atoms with E-state index in [9.17, 15) is 0 Å². The van der Waals surface area contributed by atoms with Gasteiger partial charge in [-0.1, -0.05) is 49.0 Å². The summed E-state index contributed by atoms with van der Waals surface area (Å²) in [6.07, 6.45) is -0.791. The van der Waals surface area contributed by atoms with Crippen molar-refractivity contribution in [3.05, 3.63) is 54.6 Å². The van der Waals surface area contributed by atoms with Crippen LogP contribution in [0.2, 0.25) is 0 Å². The van der Waals surface area contributed by atoms with Gasteiger partial charge in [0.05, 0.1) is 6.61 Å². The van der Waals surface area contributed by atoms with Crippen LogP contribution in [0.4, 0.5) is 0 Å². The van der Waals surface area contributed by atoms with Gasteiger partial charge in [0, 0.05) is 0 Å². The van der Waals surface area contributed by atoms with E-state index in [2.05, 4.69) is 11.5 Å². The molecule has 2 rings (SSSR count). The first-order valence-electron chi connectivity index (χ1n) is 5.36. The summed E-state index contributed by atoms with van der Waals surface area (Å²) in [7, 11) is 0. The molecule has 0 fully saturated rings. The molecular formula is C14H14O3. The highest BCUT2D eigenvalue weighted by Crippen LogP contribution is 2.26. The first-order chi connectivity index (χ1) is 8.27. The van der Waals surface area contributed by atoms with Crippen LogP contribution in [0.15, 0.2) is 49.0 Å². The van der Waals surface area contributed by atoms with Gasteiger partial charge < -0.3 is 5.11 Å². The minimum Gasteiger partial charge on any atom is -0.393 e. The lowest BCUT2D eigenvalue weighted by molar-refractivity contribution is -0.268. The molecule has 1 unspecified atom stereocenters. The van der Waals surface area contributed by atoms with Crippen LogP contribution in [0.5, 0.6) is 0 Å². The van der Waals surface area contributed by atoms with Crippen LogP contribution < -0.4 is 0 Å². The predicted octanol–water partition coefficient (Wildman–Crippen LogP) is 2.70. The molecule has 0 aliphatic carbocycles. The molecule has 0 heterocycles. The van der Waals surface area contributed by atoms with E-state index in [-0.39, 0.29) is 6.61 Å². The Labute approximate surface area is 99.5 Å². The SMILES string of the molecule is C=C(c1cccc2ccccc12)C(CO)OO. The van der Waals surface area contributed by atoms with E-state index in [1.165, 1.54) is 0 Å². The lowest BCUT2D eigenvalue weighted by atomic mass is 9.96. The summed E-state index contributed by atoms with van der Waals surface area (Å²) in [5.41, 5.74) is 1.43. The molecular weight excluding hydrogens is 216 g/mol. The molecule has 0 aliphatic rings. The number of rotatable bonds is 4. The van der Waals surface area contributed by atoms with Crippen LogP contribution in [0.1, 0.15) is 5.56 Å². The molecule has 0 bridgehead atoms. The second kappa shape index (κ2) is 5.10. The number of hydrogen-bond donors (Lipinski definition) is 2. The van der Waals surface area contributed by atoms with Crippen molar-refractivity contribution in [2.24, 2.45) is 0 Å². The molecule has 2 aromatic rings. The van der Waals surface area contributed by atoms with Gasteiger partial charge in [0.1, 0.15) is 6.10 Å². The van der Waals surface area contributed by atoms with Crippen molar-refractivity contribution in [2.45, 2.75) is 6.10 Å². The quantitative estimate of drug-likeness (QED) is 0.627. The fraction of sp³-hybridized carbons (Fsp3) is 0.143. The van der Waals surface area contributed by atoms with Crippen molar-refractivity contribution in [3.63, 3.8) is 0 Å². The molecule has 0 radical (unpaired) electrons. The zero-order chi connectivity index (χ0) is 12.3. The van der Waals surface area contributed by atoms with Gasteiger partial charge in [0.15, 0.2) is 0 Å². The molecule has 88 valence electrons. The maximum Gasteiger partial charge on any atom is 0.141 e. The highest BCUT2D eigenvalue weighted by molar-refractivity contribution is 5.94. The topological polar surface area (TPSA) is 49.7 Å². The highest BCUT2D eigenvalue weighted by atomic mass is 17.1. The molecule has 0 spiro atoms. The zero-order valence-electron chi connectivity index (χ0n) is 9.34. The van der Waals surface area contributed by atoms with Gasteiger partial charge in [0.25, 0.3) is 0 Å². The standard InChI is InChI=1S/C14H14O3/c1-10(14(9-15)17-16)12-8-4-6-11-5-2-3-7-13(11)12/h2-8,14-16H,1,9H2. The van der Waals surface area contributed by atoms with Gasteiger partial charge in [-0.25, -0.2) is 4.89 Å². The monoisotopic (exact) mass is 230 g/mol. The average Bonchev–Trinajstić information content (AvgIpc) is 2.39. The van der Waals surface area contributed by atoms with E-state index in [0.29, 0.717) is 5.57 Å². The number of hydrogen-bond acceptors (Lipinski definition) is 3. The van der Waals surface area contributed by atoms with E-state index < -0.39 is 6.10 Å². The Bertz CT molecular complexity index is 524. The van der Waals surface area contributed by atoms with E-state index in [1.807, 2.05) is 42.5 Å². The summed E-state index contributed by atoms with van der Waals surface area (Å²) < 4.78 is 0. The Hall–Kier alpha value is -1.68. The van der Waals surface area contributed by atoms with Gasteiger partial charge in [-0.2, -0.15) is 0 Å². The van der Waals surface area contributed by atoms with E-state index in [1.54, 1.807) is 0 Å². The second-order valence-electron chi connectivity index (χ2n) is 3.83. The normalized spacial score (nSPS) is 12.6. The molecule has 0 amide bonds. The second-order valence-corrected chi connectivity index (χ2v) is 3.83. The molecule has 3 heteroatoms. The van der Waals surface area contributed by atoms with Crippen molar-refractivity contribution < 1.29 is 15.3 Å². The summed E-state index contributed by atoms with van der Waals surface area (Å²) >= 11 is 0. The molecule has 17 heavy (non-hydrogen) atoms. The van der Waals surface area contributed by atoms with Crippen LogP contribution in [-0.2, 0) is 4.89 Å². The smallest absolute Gasteiger partial charge is 0.141 e. The third kappa shape index (κ3) is 2.22. The lowest BCUT2D eigenvalue weighted by Crippen LogP contribution is -2.17. The fourth-order valence-electron chi connectivity index (χ4n) is 1.89. The third-order valence-electron chi connectivity index (χ3n) is 2.82. The van der Waals surface area contributed by atoms with Crippen molar-refractivity contribution >= 4 is 16.3 Å². The Balaban J connectivity index is 2.52. The fourth-order valence-corrected chi connectivity index (χ4v) is 1.89. The van der Waals surface area contributed by atoms with Crippen LogP contribution in [0.25, 0.3) is 16.3 Å². The summed E-state index contributed by atoms with van der Waals surface area (Å²) in [5, 5.41) is 19.9. The molecule has 3 nitrogen and oxygen atoms in total. The van der Waals surface area contributed by atoms with Gasteiger partial charge in [-0.15, -0.1) is 0 Å². The summed E-state index contributed by atoms with van der Waals surface area (Å²) in [6, 6.07) is 13.7. The van der Waals surface area contributed by atoms with Crippen molar-refractivity contribution in [2.75, 3.05) is 6.61 Å². The molecule has 2 N–H and O–H groups in total. The third-order valence-corrected chi connectivity index (χ3v) is 2.82. The summed E-state index contributed by atoms with van der Waals surface area (Å²) in [5.74, 6) is 0. The molecule has 0 aliphatic heterocycles. The van der Waals surface area contributed by atoms with Gasteiger partial charge in [-0.3, -0.25) is 5.26 Å². The van der Waals surface area contributed by atoms with Crippen LogP contribution in [0.3, 0.4) is 0 Å². The lowest BCUT2D eigenvalue weighted by Gasteiger charge is -2.15. The molecule has 0 aromatic heterocycles. The highest BCUT2D eigenvalue weighted by Gasteiger charge is 2.15. The Morgan fingerprint density at radius 3 is 2.59 bits per heavy atom. The largest absolute Gasteiger partial charge is 0.393 e. The van der Waals surface area contributed by atoms with Crippen molar-refractivity contribution in [1.29, 1.82) is 0 Å². The minimum atomic E-state index is -0.791. The van der Waals surface area contributed by atoms with Crippen LogP contribution >= 0.6 is 0 Å². The predicted molar refractivity (Wildman–Crippen MR) is 67.6 cm³/mol. The van der Waals surface area contributed by atoms with Crippen LogP contribution in [0, 0.1) is 0 Å². The van der Waals surface area contributed by atoms with E-state index in [0.717, 1.165) is 16.3 Å². The number of aliphatic hydroxyl groups excluding tert-OH is 1. The maximum absolute atomic E-state index is 9.08. The van der Waals surface area contributed by atoms with Crippen molar-refractivity contribution in [1.82, 2.24) is 0 Å². The summed E-state index contributed by atoms with van der Waals surface area (Å²) in [6.45, 7) is 3.57. The Morgan fingerprint density at radius 2 is 1.88 bits per heavy atom. The molecule has 2 aromatic carbocycles. The average molecular weight is 230 g/mol. The van der Waals surface area contributed by atoms with Gasteiger partial charge in [0.2, 0.25) is 0 Å². The maximum atomic E-state index is 9.08. The molecule has 0 saturated heterocycles. The Kier molecular flexibility index (Phi) is 3.54. The number of aliphatic hydroxyl groups is 1. The van der Waals surface area contributed by atoms with E-state index >= 15 is 0 Å². The first kappa shape index (κ1) is 11.8. The number of fused-ring (bicyclic) bond motifs is 1. The first-order valence-corrected chi connectivity index (χ1v) is 5.36. The number of benzene rings is 2. The Morgan fingerprint density at radius 1 is 1.18 bits per heavy atom. The zero-order valence-corrected chi connectivity index (χ0v) is 9.34. The molecule has 1 atom stereocenters. The van der Waals surface area contributed by atoms with Gasteiger partial charge in [-0.05, 0) is 21.9 Å². The molecule has 0 saturated carbocycles.